The van der Waals surface area contributed by atoms with E-state index in [0.29, 0.717) is 0 Å². The Morgan fingerprint density at radius 2 is 2.50 bits per heavy atom. The molecule has 2 aromatic rings. The van der Waals surface area contributed by atoms with E-state index in [-0.39, 0.29) is 0 Å². The van der Waals surface area contributed by atoms with Crippen LogP contribution in [0.4, 0.5) is 0 Å². The Hall–Kier alpha value is -1.13. The lowest BCUT2D eigenvalue weighted by molar-refractivity contribution is 0.788. The van der Waals surface area contributed by atoms with Gasteiger partial charge >= 0.3 is 0 Å². The largest absolute Gasteiger partial charge is 0.360 e. The van der Waals surface area contributed by atoms with Crippen molar-refractivity contribution in [1.82, 2.24) is 15.3 Å². The number of hydrogen-bond acceptors (Lipinski definition) is 3. The number of thiazole rings is 1. The molecule has 74 valence electrons. The molecule has 0 saturated heterocycles. The van der Waals surface area contributed by atoms with E-state index in [2.05, 4.69) is 20.7 Å². The Morgan fingerprint density at radius 1 is 1.57 bits per heavy atom. The van der Waals surface area contributed by atoms with E-state index in [4.69, 9.17) is 0 Å². The van der Waals surface area contributed by atoms with Gasteiger partial charge in [0.25, 0.3) is 0 Å². The SMILES string of the molecule is CNCCc1nc(-c2ccc[nH]2)cs1. The Kier molecular flexibility index (Phi) is 2.96. The van der Waals surface area contributed by atoms with E-state index in [1.807, 2.05) is 25.4 Å². The number of aromatic amines is 1. The summed E-state index contributed by atoms with van der Waals surface area (Å²) in [6.07, 6.45) is 2.92. The lowest BCUT2D eigenvalue weighted by atomic mass is 10.3. The van der Waals surface area contributed by atoms with Gasteiger partial charge in [0.2, 0.25) is 0 Å². The molecule has 2 rings (SSSR count). The van der Waals surface area contributed by atoms with Crippen molar-refractivity contribution in [3.05, 3.63) is 28.7 Å². The van der Waals surface area contributed by atoms with Gasteiger partial charge in [-0.2, -0.15) is 0 Å². The summed E-state index contributed by atoms with van der Waals surface area (Å²) < 4.78 is 0. The van der Waals surface area contributed by atoms with Gasteiger partial charge in [0, 0.05) is 24.5 Å². The molecule has 4 heteroatoms. The standard InChI is InChI=1S/C10H13N3S/c1-11-6-4-10-13-9(7-14-10)8-3-2-5-12-8/h2-3,5,7,11-12H,4,6H2,1H3. The van der Waals surface area contributed by atoms with E-state index in [1.54, 1.807) is 11.3 Å². The van der Waals surface area contributed by atoms with Gasteiger partial charge < -0.3 is 10.3 Å². The van der Waals surface area contributed by atoms with Crippen LogP contribution in [-0.4, -0.2) is 23.6 Å². The second kappa shape index (κ2) is 4.39. The van der Waals surface area contributed by atoms with Crippen LogP contribution in [0.3, 0.4) is 0 Å². The lowest BCUT2D eigenvalue weighted by Gasteiger charge is -1.93. The number of nitrogens with one attached hydrogen (secondary N) is 2. The number of rotatable bonds is 4. The summed E-state index contributed by atoms with van der Waals surface area (Å²) in [6.45, 7) is 0.984. The first-order valence-electron chi connectivity index (χ1n) is 4.63. The first kappa shape index (κ1) is 9.43. The van der Waals surface area contributed by atoms with Crippen LogP contribution in [0.2, 0.25) is 0 Å². The summed E-state index contributed by atoms with van der Waals surface area (Å²) in [4.78, 5) is 7.69. The third-order valence-electron chi connectivity index (χ3n) is 2.01. The Bertz CT molecular complexity index is 378. The average Bonchev–Trinajstić information content (AvgIpc) is 2.85. The van der Waals surface area contributed by atoms with Gasteiger partial charge in [0.15, 0.2) is 0 Å². The van der Waals surface area contributed by atoms with Gasteiger partial charge in [-0.15, -0.1) is 11.3 Å². The predicted molar refractivity (Wildman–Crippen MR) is 59.5 cm³/mol. The number of nitrogens with zero attached hydrogens (tertiary/aromatic N) is 1. The quantitative estimate of drug-likeness (QED) is 0.804. The van der Waals surface area contributed by atoms with Gasteiger partial charge in [0.05, 0.1) is 16.4 Å². The van der Waals surface area contributed by atoms with Gasteiger partial charge in [-0.1, -0.05) is 0 Å². The third kappa shape index (κ3) is 2.02. The summed E-state index contributed by atoms with van der Waals surface area (Å²) >= 11 is 1.72. The highest BCUT2D eigenvalue weighted by atomic mass is 32.1. The van der Waals surface area contributed by atoms with E-state index in [1.165, 1.54) is 5.01 Å². The highest BCUT2D eigenvalue weighted by Gasteiger charge is 2.03. The minimum Gasteiger partial charge on any atom is -0.360 e. The Labute approximate surface area is 87.2 Å². The van der Waals surface area contributed by atoms with Crippen LogP contribution in [0, 0.1) is 0 Å². The maximum absolute atomic E-state index is 4.54. The van der Waals surface area contributed by atoms with E-state index < -0.39 is 0 Å². The summed E-state index contributed by atoms with van der Waals surface area (Å²) in [7, 11) is 1.96. The van der Waals surface area contributed by atoms with Crippen molar-refractivity contribution in [1.29, 1.82) is 0 Å². The zero-order valence-electron chi connectivity index (χ0n) is 8.08. The maximum Gasteiger partial charge on any atom is 0.0976 e. The molecule has 0 aromatic carbocycles. The van der Waals surface area contributed by atoms with Gasteiger partial charge in [-0.05, 0) is 19.2 Å². The molecule has 0 aliphatic rings. The molecular weight excluding hydrogens is 194 g/mol. The van der Waals surface area contributed by atoms with Crippen molar-refractivity contribution in [3.63, 3.8) is 0 Å². The molecule has 0 radical (unpaired) electrons. The van der Waals surface area contributed by atoms with E-state index in [0.717, 1.165) is 24.4 Å². The molecule has 0 aliphatic carbocycles. The zero-order valence-corrected chi connectivity index (χ0v) is 8.90. The highest BCUT2D eigenvalue weighted by molar-refractivity contribution is 7.09. The van der Waals surface area contributed by atoms with Crippen LogP contribution in [0.25, 0.3) is 11.4 Å². The predicted octanol–water partition coefficient (Wildman–Crippen LogP) is 1.90. The molecule has 2 aromatic heterocycles. The minimum absolute atomic E-state index is 0.984. The van der Waals surface area contributed by atoms with E-state index >= 15 is 0 Å². The fourth-order valence-electron chi connectivity index (χ4n) is 1.27. The van der Waals surface area contributed by atoms with Crippen LogP contribution in [0.5, 0.6) is 0 Å². The molecule has 0 saturated carbocycles. The maximum atomic E-state index is 4.54. The van der Waals surface area contributed by atoms with Gasteiger partial charge in [0.1, 0.15) is 0 Å². The molecule has 0 bridgehead atoms. The molecule has 0 amide bonds. The summed E-state index contributed by atoms with van der Waals surface area (Å²) in [6, 6.07) is 4.03. The molecule has 14 heavy (non-hydrogen) atoms. The van der Waals surface area contributed by atoms with Crippen LogP contribution in [0.1, 0.15) is 5.01 Å². The van der Waals surface area contributed by atoms with Crippen molar-refractivity contribution in [2.45, 2.75) is 6.42 Å². The molecule has 3 nitrogen and oxygen atoms in total. The molecule has 0 unspecified atom stereocenters. The van der Waals surface area contributed by atoms with Crippen molar-refractivity contribution >= 4 is 11.3 Å². The Balaban J connectivity index is 2.10. The molecule has 0 aliphatic heterocycles. The fourth-order valence-corrected chi connectivity index (χ4v) is 2.07. The van der Waals surface area contributed by atoms with Crippen LogP contribution >= 0.6 is 11.3 Å². The number of likely N-dealkylation sites (N-methyl/N-ethyl adjacent to an activating group) is 1. The van der Waals surface area contributed by atoms with Crippen LogP contribution < -0.4 is 5.32 Å². The smallest absolute Gasteiger partial charge is 0.0976 e. The van der Waals surface area contributed by atoms with Crippen molar-refractivity contribution in [2.75, 3.05) is 13.6 Å². The van der Waals surface area contributed by atoms with Crippen molar-refractivity contribution < 1.29 is 0 Å². The zero-order chi connectivity index (χ0) is 9.80. The number of aromatic nitrogens is 2. The second-order valence-electron chi connectivity index (χ2n) is 3.06. The summed E-state index contributed by atoms with van der Waals surface area (Å²) in [5, 5.41) is 6.40. The van der Waals surface area contributed by atoms with E-state index in [9.17, 15) is 0 Å². The average molecular weight is 207 g/mol. The van der Waals surface area contributed by atoms with Crippen LogP contribution in [-0.2, 0) is 6.42 Å². The van der Waals surface area contributed by atoms with Gasteiger partial charge in [-0.3, -0.25) is 0 Å². The van der Waals surface area contributed by atoms with Crippen LogP contribution in [0.15, 0.2) is 23.7 Å². The third-order valence-corrected chi connectivity index (χ3v) is 2.92. The molecule has 0 spiro atoms. The minimum atomic E-state index is 0.984. The molecule has 2 N–H and O–H groups in total. The molecule has 2 heterocycles. The molecule has 0 fully saturated rings. The normalized spacial score (nSPS) is 10.6. The van der Waals surface area contributed by atoms with Gasteiger partial charge in [-0.25, -0.2) is 4.98 Å². The second-order valence-corrected chi connectivity index (χ2v) is 4.01. The highest BCUT2D eigenvalue weighted by Crippen LogP contribution is 2.19. The lowest BCUT2D eigenvalue weighted by Crippen LogP contribution is -2.09. The topological polar surface area (TPSA) is 40.7 Å². The monoisotopic (exact) mass is 207 g/mol. The first-order valence-corrected chi connectivity index (χ1v) is 5.51. The fraction of sp³-hybridized carbons (Fsp3) is 0.300. The number of H-pyrrole nitrogens is 1. The molecular formula is C10H13N3S. The summed E-state index contributed by atoms with van der Waals surface area (Å²) in [5.41, 5.74) is 2.14. The summed E-state index contributed by atoms with van der Waals surface area (Å²) in [5.74, 6) is 0. The first-order chi connectivity index (χ1) is 6.90. The number of hydrogen-bond donors (Lipinski definition) is 2. The van der Waals surface area contributed by atoms with Crippen molar-refractivity contribution in [2.24, 2.45) is 0 Å². The molecule has 0 atom stereocenters. The Morgan fingerprint density at radius 3 is 3.21 bits per heavy atom. The van der Waals surface area contributed by atoms with Crippen molar-refractivity contribution in [3.8, 4) is 11.4 Å².